The average molecular weight is 552 g/mol. The van der Waals surface area contributed by atoms with Crippen molar-refractivity contribution in [3.63, 3.8) is 0 Å². The highest BCUT2D eigenvalue weighted by Gasteiger charge is 1.95. The van der Waals surface area contributed by atoms with Gasteiger partial charge in [0, 0.05) is 12.8 Å². The van der Waals surface area contributed by atoms with Crippen LogP contribution in [0.2, 0.25) is 0 Å². The molecule has 0 saturated carbocycles. The highest BCUT2D eigenvalue weighted by Crippen LogP contribution is 2.14. The minimum atomic E-state index is 0.345. The molecule has 0 aromatic heterocycles. The second-order valence-electron chi connectivity index (χ2n) is 10.7. The predicted octanol–water partition coefficient (Wildman–Crippen LogP) is 14.6. The monoisotopic (exact) mass is 552 g/mol. The molecule has 2 nitrogen and oxygen atoms in total. The zero-order chi connectivity index (χ0) is 30.1. The average Bonchev–Trinajstić information content (AvgIpc) is 2.96. The molecule has 1 N–H and O–H groups in total. The van der Waals surface area contributed by atoms with Gasteiger partial charge in [0.2, 0.25) is 0 Å². The number of nitrogens with zero attached hydrogens (tertiary/aromatic N) is 1. The van der Waals surface area contributed by atoms with Crippen LogP contribution >= 0.6 is 0 Å². The highest BCUT2D eigenvalue weighted by molar-refractivity contribution is 4.77. The van der Waals surface area contributed by atoms with Gasteiger partial charge < -0.3 is 5.11 Å². The van der Waals surface area contributed by atoms with Crippen LogP contribution in [0.1, 0.15) is 221 Å². The van der Waals surface area contributed by atoms with Crippen molar-refractivity contribution >= 4 is 0 Å². The lowest BCUT2D eigenvalue weighted by molar-refractivity contribution is 0.383. The van der Waals surface area contributed by atoms with Gasteiger partial charge in [-0.25, -0.2) is 0 Å². The van der Waals surface area contributed by atoms with Crippen molar-refractivity contribution < 1.29 is 5.11 Å². The van der Waals surface area contributed by atoms with Gasteiger partial charge in [-0.1, -0.05) is 202 Å². The maximum absolute atomic E-state index is 8.94. The number of hydrogen-bond acceptors (Lipinski definition) is 2. The molecule has 39 heavy (non-hydrogen) atoms. The summed E-state index contributed by atoms with van der Waals surface area (Å²) in [5.41, 5.74) is 0. The predicted molar refractivity (Wildman–Crippen MR) is 181 cm³/mol. The van der Waals surface area contributed by atoms with Gasteiger partial charge in [-0.3, -0.25) is 0 Å². The largest absolute Gasteiger partial charge is 0.513 e. The van der Waals surface area contributed by atoms with E-state index in [1.165, 1.54) is 154 Å². The maximum Gasteiger partial charge on any atom is 0.0851 e. The molecule has 0 unspecified atom stereocenters. The van der Waals surface area contributed by atoms with Gasteiger partial charge in [0.1, 0.15) is 0 Å². The molecule has 0 heterocycles. The van der Waals surface area contributed by atoms with E-state index < -0.39 is 0 Å². The first-order valence-corrected chi connectivity index (χ1v) is 17.9. The number of rotatable bonds is 27. The Morgan fingerprint density at radius 1 is 0.462 bits per heavy atom. The van der Waals surface area contributed by atoms with E-state index in [2.05, 4.69) is 26.5 Å². The van der Waals surface area contributed by atoms with Crippen LogP contribution in [0, 0.1) is 11.3 Å². The van der Waals surface area contributed by atoms with Crippen molar-refractivity contribution in [1.29, 1.82) is 5.26 Å². The van der Waals surface area contributed by atoms with Gasteiger partial charge >= 0.3 is 0 Å². The van der Waals surface area contributed by atoms with Gasteiger partial charge in [-0.2, -0.15) is 5.26 Å². The summed E-state index contributed by atoms with van der Waals surface area (Å²) in [5.74, 6) is 0.345. The first kappa shape index (κ1) is 45.0. The molecule has 0 aliphatic carbocycles. The van der Waals surface area contributed by atoms with Crippen molar-refractivity contribution in [2.45, 2.75) is 221 Å². The van der Waals surface area contributed by atoms with Crippen LogP contribution in [0.25, 0.3) is 0 Å². The fraction of sp³-hybridized carbons (Fsp3) is 0.919. The Balaban J connectivity index is -0.000000278. The molecule has 0 aromatic carbocycles. The summed E-state index contributed by atoms with van der Waals surface area (Å²) in [4.78, 5) is 0. The highest BCUT2D eigenvalue weighted by atomic mass is 16.3. The van der Waals surface area contributed by atoms with E-state index in [1.54, 1.807) is 0 Å². The zero-order valence-corrected chi connectivity index (χ0v) is 28.4. The lowest BCUT2D eigenvalue weighted by Crippen LogP contribution is -1.84. The normalized spacial score (nSPS) is 9.77. The van der Waals surface area contributed by atoms with Gasteiger partial charge in [-0.15, -0.1) is 0 Å². The summed E-state index contributed by atoms with van der Waals surface area (Å²) in [6, 6.07) is 2.21. The molecule has 0 radical (unpaired) electrons. The van der Waals surface area contributed by atoms with Crippen LogP contribution in [0.5, 0.6) is 0 Å². The minimum Gasteiger partial charge on any atom is -0.513 e. The van der Waals surface area contributed by atoms with Crippen molar-refractivity contribution in [3.8, 4) is 6.07 Å². The molecule has 0 spiro atoms. The quantitative estimate of drug-likeness (QED) is 0.0814. The Bertz CT molecular complexity index is 426. The molecule has 2 heteroatoms. The van der Waals surface area contributed by atoms with E-state index in [0.29, 0.717) is 5.76 Å². The number of nitriles is 1. The summed E-state index contributed by atoms with van der Waals surface area (Å²) in [6.07, 6.45) is 37.2. The van der Waals surface area contributed by atoms with Crippen LogP contribution in [0.15, 0.2) is 12.3 Å². The topological polar surface area (TPSA) is 44.0 Å². The smallest absolute Gasteiger partial charge is 0.0851 e. The van der Waals surface area contributed by atoms with Crippen molar-refractivity contribution in [1.82, 2.24) is 0 Å². The first-order valence-electron chi connectivity index (χ1n) is 17.9. The van der Waals surface area contributed by atoms with Gasteiger partial charge in [0.25, 0.3) is 0 Å². The molecule has 0 aliphatic rings. The van der Waals surface area contributed by atoms with E-state index in [4.69, 9.17) is 10.4 Å². The molecule has 0 fully saturated rings. The molecule has 0 atom stereocenters. The molecular formula is C37H77NO. The third-order valence-corrected chi connectivity index (χ3v) is 6.96. The summed E-state index contributed by atoms with van der Waals surface area (Å²) in [7, 11) is 0. The van der Waals surface area contributed by atoms with Crippen molar-refractivity contribution in [3.05, 3.63) is 12.3 Å². The van der Waals surface area contributed by atoms with Crippen LogP contribution in [0.4, 0.5) is 0 Å². The molecule has 0 amide bonds. The lowest BCUT2D eigenvalue weighted by atomic mass is 10.0. The number of hydrogen-bond donors (Lipinski definition) is 1. The molecule has 0 aromatic rings. The van der Waals surface area contributed by atoms with E-state index in [-0.39, 0.29) is 0 Å². The second kappa shape index (κ2) is 49.9. The van der Waals surface area contributed by atoms with E-state index in [0.717, 1.165) is 25.7 Å². The van der Waals surface area contributed by atoms with Crippen LogP contribution in [-0.4, -0.2) is 5.11 Å². The SMILES string of the molecule is C=C(O)CCCCCCCCCCCCCCC.CC.CC.CCCCCCCCCCCCCCCC#N. The Labute approximate surface area is 249 Å². The maximum atomic E-state index is 8.94. The van der Waals surface area contributed by atoms with Gasteiger partial charge in [0.05, 0.1) is 11.8 Å². The Morgan fingerprint density at radius 2 is 0.692 bits per heavy atom. The molecule has 0 rings (SSSR count). The van der Waals surface area contributed by atoms with E-state index >= 15 is 0 Å². The molecule has 0 bridgehead atoms. The number of unbranched alkanes of at least 4 members (excludes halogenated alkanes) is 25. The molecule has 0 aliphatic heterocycles. The van der Waals surface area contributed by atoms with E-state index in [1.807, 2.05) is 27.7 Å². The summed E-state index contributed by atoms with van der Waals surface area (Å²) >= 11 is 0. The lowest BCUT2D eigenvalue weighted by Gasteiger charge is -2.02. The Morgan fingerprint density at radius 3 is 0.923 bits per heavy atom. The summed E-state index contributed by atoms with van der Waals surface area (Å²) < 4.78 is 0. The van der Waals surface area contributed by atoms with Crippen molar-refractivity contribution in [2.24, 2.45) is 0 Å². The molecule has 236 valence electrons. The molecule has 0 saturated heterocycles. The Hall–Kier alpha value is -0.970. The number of allylic oxidation sites excluding steroid dienone is 1. The number of aliphatic hydroxyl groups excluding tert-OH is 1. The van der Waals surface area contributed by atoms with Gasteiger partial charge in [-0.05, 0) is 12.8 Å². The molecular weight excluding hydrogens is 474 g/mol. The van der Waals surface area contributed by atoms with Crippen LogP contribution < -0.4 is 0 Å². The standard InChI is InChI=1S/C17H34O.C16H31N.2C2H6/c1-3-4-5-6-7-8-9-10-11-12-13-14-15-16-17(2)18;1-2-3-4-5-6-7-8-9-10-11-12-13-14-15-16-17;2*1-2/h18H,2-16H2,1H3;2-15H2,1H3;2*1-2H3. The third-order valence-electron chi connectivity index (χ3n) is 6.96. The second-order valence-corrected chi connectivity index (χ2v) is 10.7. The Kier molecular flexibility index (Phi) is 57.6. The summed E-state index contributed by atoms with van der Waals surface area (Å²) in [5, 5.41) is 17.3. The van der Waals surface area contributed by atoms with E-state index in [9.17, 15) is 0 Å². The first-order chi connectivity index (χ1) is 19.2. The fourth-order valence-corrected chi connectivity index (χ4v) is 4.57. The summed E-state index contributed by atoms with van der Waals surface area (Å²) in [6.45, 7) is 16.1. The number of aliphatic hydroxyl groups is 1. The van der Waals surface area contributed by atoms with Crippen molar-refractivity contribution in [2.75, 3.05) is 0 Å². The van der Waals surface area contributed by atoms with Crippen LogP contribution in [-0.2, 0) is 0 Å². The minimum absolute atomic E-state index is 0.345. The fourth-order valence-electron chi connectivity index (χ4n) is 4.57. The van der Waals surface area contributed by atoms with Crippen LogP contribution in [0.3, 0.4) is 0 Å². The van der Waals surface area contributed by atoms with Gasteiger partial charge in [0.15, 0.2) is 0 Å². The third kappa shape index (κ3) is 57.8. The zero-order valence-electron chi connectivity index (χ0n) is 28.4.